The number of aryl methyl sites for hydroxylation is 1. The molecular weight excluding hydrogens is 286 g/mol. The van der Waals surface area contributed by atoms with E-state index in [9.17, 15) is 4.79 Å². The zero-order chi connectivity index (χ0) is 15.8. The fourth-order valence-corrected chi connectivity index (χ4v) is 3.99. The summed E-state index contributed by atoms with van der Waals surface area (Å²) in [6, 6.07) is 8.33. The molecule has 4 rings (SSSR count). The van der Waals surface area contributed by atoms with E-state index in [1.807, 2.05) is 28.9 Å². The van der Waals surface area contributed by atoms with Crippen LogP contribution in [0.2, 0.25) is 0 Å². The molecular formula is C19H23N3O. The highest BCUT2D eigenvalue weighted by molar-refractivity contribution is 5.96. The van der Waals surface area contributed by atoms with Crippen molar-refractivity contribution in [2.24, 2.45) is 13.0 Å². The molecule has 1 fully saturated rings. The summed E-state index contributed by atoms with van der Waals surface area (Å²) >= 11 is 0. The molecule has 0 bridgehead atoms. The lowest BCUT2D eigenvalue weighted by molar-refractivity contribution is -0.123. The number of hydrogen-bond donors (Lipinski definition) is 0. The van der Waals surface area contributed by atoms with Gasteiger partial charge in [-0.3, -0.25) is 9.48 Å². The van der Waals surface area contributed by atoms with Crippen LogP contribution >= 0.6 is 0 Å². The van der Waals surface area contributed by atoms with Crippen molar-refractivity contribution < 1.29 is 4.79 Å². The van der Waals surface area contributed by atoms with E-state index >= 15 is 0 Å². The summed E-state index contributed by atoms with van der Waals surface area (Å²) < 4.78 is 1.95. The lowest BCUT2D eigenvalue weighted by Crippen LogP contribution is -2.36. The molecule has 0 atom stereocenters. The summed E-state index contributed by atoms with van der Waals surface area (Å²) in [4.78, 5) is 15.2. The van der Waals surface area contributed by atoms with Gasteiger partial charge in [0.1, 0.15) is 0 Å². The number of amides is 1. The van der Waals surface area contributed by atoms with Gasteiger partial charge >= 0.3 is 0 Å². The molecule has 2 aliphatic rings. The van der Waals surface area contributed by atoms with E-state index in [4.69, 9.17) is 0 Å². The molecule has 120 valence electrons. The number of anilines is 1. The molecule has 0 radical (unpaired) electrons. The van der Waals surface area contributed by atoms with Gasteiger partial charge in [-0.1, -0.05) is 37.5 Å². The highest BCUT2D eigenvalue weighted by atomic mass is 16.2. The number of aromatic nitrogens is 2. The molecule has 0 N–H and O–H groups in total. The maximum atomic E-state index is 13.2. The Morgan fingerprint density at radius 1 is 1.13 bits per heavy atom. The standard InChI is InChI=1S/C19H23N3O/c1-21-18-11-15-9-5-6-10-17(15)22(13-16(18)12-20-21)19(23)14-7-3-2-4-8-14/h5-6,9-10,12,14H,2-4,7-8,11,13H2,1H3. The zero-order valence-electron chi connectivity index (χ0n) is 13.7. The van der Waals surface area contributed by atoms with Crippen molar-refractivity contribution in [3.05, 3.63) is 47.3 Å². The summed E-state index contributed by atoms with van der Waals surface area (Å²) in [5.74, 6) is 0.490. The van der Waals surface area contributed by atoms with E-state index < -0.39 is 0 Å². The van der Waals surface area contributed by atoms with Crippen molar-refractivity contribution in [1.29, 1.82) is 0 Å². The SMILES string of the molecule is Cn1ncc2c1Cc1ccccc1N(C(=O)C1CCCCC1)C2. The molecule has 0 unspecified atom stereocenters. The normalized spacial score (nSPS) is 18.2. The van der Waals surface area contributed by atoms with Crippen LogP contribution in [-0.4, -0.2) is 15.7 Å². The number of hydrogen-bond acceptors (Lipinski definition) is 2. The van der Waals surface area contributed by atoms with Crippen molar-refractivity contribution in [2.75, 3.05) is 4.90 Å². The number of carbonyl (C=O) groups excluding carboxylic acids is 1. The minimum atomic E-state index is 0.190. The van der Waals surface area contributed by atoms with Crippen LogP contribution in [0.5, 0.6) is 0 Å². The molecule has 1 aliphatic heterocycles. The second-order valence-corrected chi connectivity index (χ2v) is 6.80. The summed E-state index contributed by atoms with van der Waals surface area (Å²) in [6.45, 7) is 0.648. The van der Waals surface area contributed by atoms with Crippen molar-refractivity contribution >= 4 is 11.6 Å². The molecule has 1 aliphatic carbocycles. The summed E-state index contributed by atoms with van der Waals surface area (Å²) in [7, 11) is 1.99. The van der Waals surface area contributed by atoms with Gasteiger partial charge in [0.15, 0.2) is 0 Å². The first kappa shape index (κ1) is 14.5. The number of para-hydroxylation sites is 1. The van der Waals surface area contributed by atoms with E-state index in [0.717, 1.165) is 24.9 Å². The van der Waals surface area contributed by atoms with Crippen LogP contribution in [0.15, 0.2) is 30.5 Å². The van der Waals surface area contributed by atoms with Crippen LogP contribution in [0.3, 0.4) is 0 Å². The molecule has 2 aromatic rings. The zero-order valence-corrected chi connectivity index (χ0v) is 13.7. The first-order valence-electron chi connectivity index (χ1n) is 8.63. The van der Waals surface area contributed by atoms with Gasteiger partial charge in [0.25, 0.3) is 0 Å². The van der Waals surface area contributed by atoms with Crippen LogP contribution in [0, 0.1) is 5.92 Å². The van der Waals surface area contributed by atoms with Crippen molar-refractivity contribution in [3.63, 3.8) is 0 Å². The highest BCUT2D eigenvalue weighted by Gasteiger charge is 2.31. The Morgan fingerprint density at radius 2 is 1.91 bits per heavy atom. The van der Waals surface area contributed by atoms with Crippen LogP contribution in [-0.2, 0) is 24.8 Å². The van der Waals surface area contributed by atoms with Crippen molar-refractivity contribution in [3.8, 4) is 0 Å². The van der Waals surface area contributed by atoms with E-state index in [1.54, 1.807) is 0 Å². The molecule has 0 spiro atoms. The topological polar surface area (TPSA) is 38.1 Å². The van der Waals surface area contributed by atoms with E-state index in [-0.39, 0.29) is 5.92 Å². The molecule has 4 nitrogen and oxygen atoms in total. The Bertz CT molecular complexity index is 728. The number of carbonyl (C=O) groups is 1. The highest BCUT2D eigenvalue weighted by Crippen LogP contribution is 2.34. The molecule has 1 aromatic heterocycles. The average molecular weight is 309 g/mol. The predicted octanol–water partition coefficient (Wildman–Crippen LogP) is 3.44. The second-order valence-electron chi connectivity index (χ2n) is 6.80. The Labute approximate surface area is 137 Å². The fraction of sp³-hybridized carbons (Fsp3) is 0.474. The monoisotopic (exact) mass is 309 g/mol. The second kappa shape index (κ2) is 5.84. The molecule has 4 heteroatoms. The average Bonchev–Trinajstić information content (AvgIpc) is 2.84. The summed E-state index contributed by atoms with van der Waals surface area (Å²) in [6.07, 6.45) is 8.48. The van der Waals surface area contributed by atoms with Crippen molar-refractivity contribution in [2.45, 2.75) is 45.1 Å². The van der Waals surface area contributed by atoms with Crippen LogP contribution in [0.4, 0.5) is 5.69 Å². The third kappa shape index (κ3) is 2.56. The third-order valence-electron chi connectivity index (χ3n) is 5.34. The van der Waals surface area contributed by atoms with Gasteiger partial charge in [-0.05, 0) is 24.5 Å². The van der Waals surface area contributed by atoms with Gasteiger partial charge in [-0.25, -0.2) is 0 Å². The maximum absolute atomic E-state index is 13.2. The first-order chi connectivity index (χ1) is 11.2. The molecule has 1 aromatic carbocycles. The van der Waals surface area contributed by atoms with Gasteiger partial charge in [0.2, 0.25) is 5.91 Å². The quantitative estimate of drug-likeness (QED) is 0.809. The molecule has 0 saturated heterocycles. The van der Waals surface area contributed by atoms with Crippen LogP contribution in [0.25, 0.3) is 0 Å². The van der Waals surface area contributed by atoms with Gasteiger partial charge in [0.05, 0.1) is 12.7 Å². The van der Waals surface area contributed by atoms with Gasteiger partial charge < -0.3 is 4.90 Å². The number of nitrogens with zero attached hydrogens (tertiary/aromatic N) is 3. The Hall–Kier alpha value is -2.10. The molecule has 2 heterocycles. The Balaban J connectivity index is 1.74. The Morgan fingerprint density at radius 3 is 2.74 bits per heavy atom. The number of rotatable bonds is 1. The molecule has 1 amide bonds. The van der Waals surface area contributed by atoms with Gasteiger partial charge in [-0.2, -0.15) is 5.10 Å². The van der Waals surface area contributed by atoms with Gasteiger partial charge in [-0.15, -0.1) is 0 Å². The largest absolute Gasteiger partial charge is 0.307 e. The number of benzene rings is 1. The lowest BCUT2D eigenvalue weighted by Gasteiger charge is -2.29. The van der Waals surface area contributed by atoms with Crippen LogP contribution < -0.4 is 4.90 Å². The van der Waals surface area contributed by atoms with Crippen LogP contribution in [0.1, 0.15) is 48.9 Å². The first-order valence-corrected chi connectivity index (χ1v) is 8.63. The minimum absolute atomic E-state index is 0.190. The smallest absolute Gasteiger partial charge is 0.230 e. The summed E-state index contributed by atoms with van der Waals surface area (Å²) in [5.41, 5.74) is 4.70. The minimum Gasteiger partial charge on any atom is -0.307 e. The van der Waals surface area contributed by atoms with E-state index in [2.05, 4.69) is 23.3 Å². The Kier molecular flexibility index (Phi) is 3.68. The molecule has 23 heavy (non-hydrogen) atoms. The fourth-order valence-electron chi connectivity index (χ4n) is 3.99. The third-order valence-corrected chi connectivity index (χ3v) is 5.34. The van der Waals surface area contributed by atoms with Gasteiger partial charge in [0, 0.05) is 36.3 Å². The van der Waals surface area contributed by atoms with Crippen molar-refractivity contribution in [1.82, 2.24) is 9.78 Å². The number of fused-ring (bicyclic) bond motifs is 2. The molecule has 1 saturated carbocycles. The lowest BCUT2D eigenvalue weighted by atomic mass is 9.88. The maximum Gasteiger partial charge on any atom is 0.230 e. The van der Waals surface area contributed by atoms with E-state index in [1.165, 1.54) is 36.1 Å². The summed E-state index contributed by atoms with van der Waals surface area (Å²) in [5, 5.41) is 4.40. The predicted molar refractivity (Wildman–Crippen MR) is 90.2 cm³/mol. The van der Waals surface area contributed by atoms with E-state index in [0.29, 0.717) is 12.5 Å².